The molecule has 0 bridgehead atoms. The first-order valence-electron chi connectivity index (χ1n) is 17.1. The molecule has 3 heterocycles. The molecule has 9 aromatic rings. The van der Waals surface area contributed by atoms with Gasteiger partial charge in [0.2, 0.25) is 0 Å². The zero-order chi connectivity index (χ0) is 32.8. The molecule has 2 atom stereocenters. The quantitative estimate of drug-likeness (QED) is 0.188. The molecule has 0 aliphatic heterocycles. The van der Waals surface area contributed by atoms with Crippen molar-refractivity contribution in [2.75, 3.05) is 4.90 Å². The number of hydrogen-bond acceptors (Lipinski definition) is 4. The number of anilines is 2. The van der Waals surface area contributed by atoms with E-state index >= 15 is 0 Å². The van der Waals surface area contributed by atoms with Crippen molar-refractivity contribution in [1.29, 1.82) is 0 Å². The van der Waals surface area contributed by atoms with Crippen LogP contribution in [0.5, 0.6) is 0 Å². The lowest BCUT2D eigenvalue weighted by Crippen LogP contribution is -2.28. The fourth-order valence-electron chi connectivity index (χ4n) is 8.18. The van der Waals surface area contributed by atoms with Gasteiger partial charge >= 0.3 is 0 Å². The minimum absolute atomic E-state index is 0.0496. The standard InChI is InChI=1S/C46H29NO2S/c1-2-12-28(13-3-1)30-18-10-19-35-38-27-40(31-14-4-5-17-34(31)45(38)49-44(30)35)47(29-24-25-42-37(26-29)32-15-6-8-22-41(32)48-42)39-21-11-20-36-33-16-7-9-23-43(33)50-46(36)39/h1-27,31,34H. The Morgan fingerprint density at radius 2 is 1.30 bits per heavy atom. The summed E-state index contributed by atoms with van der Waals surface area (Å²) >= 11 is 1.86. The zero-order valence-corrected chi connectivity index (χ0v) is 27.7. The third kappa shape index (κ3) is 4.03. The molecule has 50 heavy (non-hydrogen) atoms. The number of fused-ring (bicyclic) bond motifs is 11. The lowest BCUT2D eigenvalue weighted by atomic mass is 9.77. The molecule has 236 valence electrons. The summed E-state index contributed by atoms with van der Waals surface area (Å²) in [5.41, 5.74) is 9.64. The van der Waals surface area contributed by atoms with Gasteiger partial charge in [0.25, 0.3) is 0 Å². The average Bonchev–Trinajstić information content (AvgIpc) is 3.87. The number of rotatable bonds is 4. The highest BCUT2D eigenvalue weighted by Gasteiger charge is 2.38. The Morgan fingerprint density at radius 1 is 0.560 bits per heavy atom. The fourth-order valence-corrected chi connectivity index (χ4v) is 9.39. The molecular formula is C46H29NO2S. The first kappa shape index (κ1) is 27.8. The van der Waals surface area contributed by atoms with Crippen LogP contribution in [0.15, 0.2) is 172 Å². The first-order chi connectivity index (χ1) is 24.8. The van der Waals surface area contributed by atoms with Crippen LogP contribution in [0.1, 0.15) is 17.2 Å². The molecule has 0 saturated carbocycles. The molecule has 2 aliphatic carbocycles. The van der Waals surface area contributed by atoms with Crippen molar-refractivity contribution < 1.29 is 8.83 Å². The minimum Gasteiger partial charge on any atom is -0.459 e. The molecule has 11 rings (SSSR count). The topological polar surface area (TPSA) is 29.5 Å². The van der Waals surface area contributed by atoms with Crippen molar-refractivity contribution in [3.05, 3.63) is 175 Å². The largest absolute Gasteiger partial charge is 0.459 e. The van der Waals surface area contributed by atoms with Crippen molar-refractivity contribution in [3.8, 4) is 11.1 Å². The summed E-state index contributed by atoms with van der Waals surface area (Å²) in [6.07, 6.45) is 11.4. The predicted molar refractivity (Wildman–Crippen MR) is 209 cm³/mol. The van der Waals surface area contributed by atoms with E-state index in [0.29, 0.717) is 0 Å². The van der Waals surface area contributed by atoms with Crippen LogP contribution in [0.2, 0.25) is 0 Å². The van der Waals surface area contributed by atoms with E-state index in [1.165, 1.54) is 31.6 Å². The highest BCUT2D eigenvalue weighted by atomic mass is 32.1. The maximum absolute atomic E-state index is 6.93. The fraction of sp³-hybridized carbons (Fsp3) is 0.0435. The summed E-state index contributed by atoms with van der Waals surface area (Å²) in [4.78, 5) is 2.50. The normalized spacial score (nSPS) is 16.8. The van der Waals surface area contributed by atoms with E-state index in [2.05, 4.69) is 157 Å². The number of benzene rings is 6. The molecule has 0 fully saturated rings. The maximum atomic E-state index is 6.93. The van der Waals surface area contributed by atoms with Crippen LogP contribution in [-0.4, -0.2) is 0 Å². The molecule has 0 spiro atoms. The number of nitrogens with zero attached hydrogens (tertiary/aromatic N) is 1. The van der Waals surface area contributed by atoms with Crippen LogP contribution in [0.3, 0.4) is 0 Å². The average molecular weight is 660 g/mol. The molecule has 4 heteroatoms. The molecule has 0 N–H and O–H groups in total. The molecule has 3 aromatic heterocycles. The number of allylic oxidation sites excluding steroid dienone is 4. The van der Waals surface area contributed by atoms with Crippen LogP contribution in [0.25, 0.3) is 70.3 Å². The van der Waals surface area contributed by atoms with Crippen LogP contribution in [0.4, 0.5) is 11.4 Å². The van der Waals surface area contributed by atoms with Gasteiger partial charge in [0.05, 0.1) is 10.4 Å². The van der Waals surface area contributed by atoms with Gasteiger partial charge in [0.1, 0.15) is 22.5 Å². The molecule has 2 unspecified atom stereocenters. The number of para-hydroxylation sites is 2. The smallest absolute Gasteiger partial charge is 0.142 e. The third-order valence-electron chi connectivity index (χ3n) is 10.4. The summed E-state index contributed by atoms with van der Waals surface area (Å²) in [5.74, 6) is 1.14. The molecule has 0 amide bonds. The van der Waals surface area contributed by atoms with Gasteiger partial charge in [-0.1, -0.05) is 121 Å². The van der Waals surface area contributed by atoms with Crippen molar-refractivity contribution >= 4 is 81.9 Å². The first-order valence-corrected chi connectivity index (χ1v) is 17.9. The molecule has 0 saturated heterocycles. The number of hydrogen-bond donors (Lipinski definition) is 0. The molecule has 6 aromatic carbocycles. The molecular weight excluding hydrogens is 631 g/mol. The molecule has 2 aliphatic rings. The summed E-state index contributed by atoms with van der Waals surface area (Å²) < 4.78 is 15.8. The summed E-state index contributed by atoms with van der Waals surface area (Å²) in [6.45, 7) is 0. The van der Waals surface area contributed by atoms with Crippen molar-refractivity contribution in [2.45, 2.75) is 5.92 Å². The summed E-state index contributed by atoms with van der Waals surface area (Å²) in [5, 5.41) is 5.93. The number of furan rings is 2. The van der Waals surface area contributed by atoms with E-state index in [1.807, 2.05) is 23.5 Å². The monoisotopic (exact) mass is 659 g/mol. The van der Waals surface area contributed by atoms with Crippen molar-refractivity contribution in [1.82, 2.24) is 0 Å². The van der Waals surface area contributed by atoms with Crippen LogP contribution in [-0.2, 0) is 0 Å². The van der Waals surface area contributed by atoms with E-state index in [-0.39, 0.29) is 11.8 Å². The lowest BCUT2D eigenvalue weighted by Gasteiger charge is -2.37. The van der Waals surface area contributed by atoms with E-state index < -0.39 is 0 Å². The SMILES string of the molecule is C1=CC2C(N(c3ccc4oc5ccccc5c4c3)c3cccc4c3sc3ccccc34)=Cc3c(oc4c(-c5ccccc5)cccc34)C2C=C1. The van der Waals surface area contributed by atoms with Crippen LogP contribution >= 0.6 is 11.3 Å². The Bertz CT molecular complexity index is 2900. The Kier molecular flexibility index (Phi) is 5.95. The van der Waals surface area contributed by atoms with Crippen molar-refractivity contribution in [2.24, 2.45) is 5.92 Å². The van der Waals surface area contributed by atoms with Gasteiger partial charge in [-0.05, 0) is 48.0 Å². The van der Waals surface area contributed by atoms with Gasteiger partial charge < -0.3 is 13.7 Å². The zero-order valence-electron chi connectivity index (χ0n) is 26.9. The Morgan fingerprint density at radius 3 is 2.22 bits per heavy atom. The second kappa shape index (κ2) is 10.7. The van der Waals surface area contributed by atoms with Crippen molar-refractivity contribution in [3.63, 3.8) is 0 Å². The van der Waals surface area contributed by atoms with Gasteiger partial charge in [0, 0.05) is 66.0 Å². The summed E-state index contributed by atoms with van der Waals surface area (Å²) in [7, 11) is 0. The van der Waals surface area contributed by atoms with Gasteiger partial charge in [-0.2, -0.15) is 0 Å². The maximum Gasteiger partial charge on any atom is 0.142 e. The van der Waals surface area contributed by atoms with Gasteiger partial charge in [-0.3, -0.25) is 0 Å². The van der Waals surface area contributed by atoms with Gasteiger partial charge in [-0.15, -0.1) is 11.3 Å². The Labute approximate surface area is 292 Å². The predicted octanol–water partition coefficient (Wildman–Crippen LogP) is 13.4. The molecule has 0 radical (unpaired) electrons. The minimum atomic E-state index is 0.0496. The Hall–Kier alpha value is -6.10. The second-order valence-corrected chi connectivity index (χ2v) is 14.2. The summed E-state index contributed by atoms with van der Waals surface area (Å²) in [6, 6.07) is 47.6. The van der Waals surface area contributed by atoms with Crippen LogP contribution < -0.4 is 4.90 Å². The highest BCUT2D eigenvalue weighted by Crippen LogP contribution is 2.52. The van der Waals surface area contributed by atoms with Gasteiger partial charge in [-0.25, -0.2) is 0 Å². The molecule has 3 nitrogen and oxygen atoms in total. The van der Waals surface area contributed by atoms with Crippen LogP contribution in [0, 0.1) is 5.92 Å². The lowest BCUT2D eigenvalue weighted by molar-refractivity contribution is 0.481. The van der Waals surface area contributed by atoms with E-state index in [9.17, 15) is 0 Å². The second-order valence-electron chi connectivity index (χ2n) is 13.2. The Balaban J connectivity index is 1.21. The number of thiophene rings is 1. The third-order valence-corrected chi connectivity index (χ3v) is 11.6. The van der Waals surface area contributed by atoms with E-state index in [0.717, 1.165) is 61.0 Å². The van der Waals surface area contributed by atoms with E-state index in [4.69, 9.17) is 8.83 Å². The van der Waals surface area contributed by atoms with E-state index in [1.54, 1.807) is 0 Å². The highest BCUT2D eigenvalue weighted by molar-refractivity contribution is 7.26. The van der Waals surface area contributed by atoms with Gasteiger partial charge in [0.15, 0.2) is 0 Å².